The molecule has 4 nitrogen and oxygen atoms in total. The highest BCUT2D eigenvalue weighted by molar-refractivity contribution is 6.30. The van der Waals surface area contributed by atoms with Gasteiger partial charge in [0.15, 0.2) is 5.90 Å². The van der Waals surface area contributed by atoms with Gasteiger partial charge in [-0.25, -0.2) is 0 Å². The maximum atomic E-state index is 11.4. The van der Waals surface area contributed by atoms with Crippen LogP contribution < -0.4 is 5.32 Å². The third kappa shape index (κ3) is 6.14. The summed E-state index contributed by atoms with van der Waals surface area (Å²) in [5.41, 5.74) is 0.652. The molecule has 1 amide bonds. The summed E-state index contributed by atoms with van der Waals surface area (Å²) in [6.07, 6.45) is -0.0591. The molecule has 0 aliphatic carbocycles. The highest BCUT2D eigenvalue weighted by Crippen LogP contribution is 2.13. The zero-order valence-electron chi connectivity index (χ0n) is 9.33. The number of hydrogen-bond acceptors (Lipinski definition) is 3. The molecule has 94 valence electrons. The van der Waals surface area contributed by atoms with E-state index < -0.39 is 0 Å². The second-order valence-electron chi connectivity index (χ2n) is 3.09. The van der Waals surface area contributed by atoms with Crippen LogP contribution in [0, 0.1) is 5.41 Å². The third-order valence-corrected chi connectivity index (χ3v) is 2.02. The van der Waals surface area contributed by atoms with Gasteiger partial charge in [0.05, 0.1) is 6.61 Å². The van der Waals surface area contributed by atoms with Crippen LogP contribution in [0.25, 0.3) is 0 Å². The van der Waals surface area contributed by atoms with Crippen LogP contribution in [0.4, 0.5) is 5.69 Å². The van der Waals surface area contributed by atoms with Crippen LogP contribution in [0.1, 0.15) is 13.3 Å². The average molecular weight is 277 g/mol. The molecule has 0 saturated heterocycles. The minimum Gasteiger partial charge on any atom is -0.481 e. The first kappa shape index (κ1) is 15.7. The number of ether oxygens (including phenoxy) is 1. The summed E-state index contributed by atoms with van der Waals surface area (Å²) in [4.78, 5) is 11.4. The van der Waals surface area contributed by atoms with Crippen molar-refractivity contribution in [1.29, 1.82) is 5.41 Å². The van der Waals surface area contributed by atoms with Crippen LogP contribution in [0.15, 0.2) is 24.3 Å². The molecule has 0 heterocycles. The van der Waals surface area contributed by atoms with Crippen molar-refractivity contribution >= 4 is 41.5 Å². The van der Waals surface area contributed by atoms with Crippen molar-refractivity contribution < 1.29 is 9.53 Å². The van der Waals surface area contributed by atoms with Crippen molar-refractivity contribution in [1.82, 2.24) is 0 Å². The average Bonchev–Trinajstić information content (AvgIpc) is 2.21. The Kier molecular flexibility index (Phi) is 7.34. The monoisotopic (exact) mass is 276 g/mol. The van der Waals surface area contributed by atoms with Crippen LogP contribution >= 0.6 is 24.0 Å². The van der Waals surface area contributed by atoms with Crippen LogP contribution in [-0.4, -0.2) is 18.4 Å². The highest BCUT2D eigenvalue weighted by atomic mass is 35.5. The lowest BCUT2D eigenvalue weighted by Crippen LogP contribution is -2.17. The van der Waals surface area contributed by atoms with Crippen LogP contribution in [-0.2, 0) is 9.53 Å². The molecule has 0 aromatic heterocycles. The van der Waals surface area contributed by atoms with Crippen molar-refractivity contribution in [3.05, 3.63) is 29.3 Å². The molecule has 0 unspecified atom stereocenters. The number of carbonyl (C=O) groups is 1. The summed E-state index contributed by atoms with van der Waals surface area (Å²) >= 11 is 5.71. The van der Waals surface area contributed by atoms with Gasteiger partial charge in [0, 0.05) is 10.7 Å². The molecular weight excluding hydrogens is 263 g/mol. The molecule has 0 saturated carbocycles. The summed E-state index contributed by atoms with van der Waals surface area (Å²) in [6.45, 7) is 2.17. The second-order valence-corrected chi connectivity index (χ2v) is 3.52. The normalized spacial score (nSPS) is 9.06. The first-order chi connectivity index (χ1) is 7.61. The SMILES string of the molecule is CCOC(=N)CC(=O)Nc1ccc(Cl)cc1.Cl. The number of anilines is 1. The Morgan fingerprint density at radius 3 is 2.53 bits per heavy atom. The lowest BCUT2D eigenvalue weighted by atomic mass is 10.3. The smallest absolute Gasteiger partial charge is 0.233 e. The molecule has 0 aliphatic heterocycles. The van der Waals surface area contributed by atoms with E-state index >= 15 is 0 Å². The lowest BCUT2D eigenvalue weighted by Gasteiger charge is -2.06. The van der Waals surface area contributed by atoms with Crippen LogP contribution in [0.2, 0.25) is 5.02 Å². The van der Waals surface area contributed by atoms with E-state index in [0.29, 0.717) is 17.3 Å². The number of amides is 1. The van der Waals surface area contributed by atoms with Gasteiger partial charge < -0.3 is 10.1 Å². The van der Waals surface area contributed by atoms with E-state index in [9.17, 15) is 4.79 Å². The lowest BCUT2D eigenvalue weighted by molar-refractivity contribution is -0.115. The highest BCUT2D eigenvalue weighted by Gasteiger charge is 2.06. The zero-order valence-corrected chi connectivity index (χ0v) is 10.9. The molecule has 0 fully saturated rings. The van der Waals surface area contributed by atoms with Gasteiger partial charge in [0.25, 0.3) is 0 Å². The fourth-order valence-corrected chi connectivity index (χ4v) is 1.24. The number of halogens is 2. The van der Waals surface area contributed by atoms with Crippen molar-refractivity contribution in [3.63, 3.8) is 0 Å². The number of rotatable bonds is 4. The van der Waals surface area contributed by atoms with Crippen molar-refractivity contribution in [2.45, 2.75) is 13.3 Å². The van der Waals surface area contributed by atoms with Gasteiger partial charge in [0.1, 0.15) is 6.42 Å². The van der Waals surface area contributed by atoms with Gasteiger partial charge in [-0.15, -0.1) is 12.4 Å². The minimum absolute atomic E-state index is 0. The Labute approximate surface area is 111 Å². The molecular formula is C11H14Cl2N2O2. The van der Waals surface area contributed by atoms with Crippen molar-refractivity contribution in [3.8, 4) is 0 Å². The first-order valence-electron chi connectivity index (χ1n) is 4.87. The molecule has 17 heavy (non-hydrogen) atoms. The van der Waals surface area contributed by atoms with Crippen molar-refractivity contribution in [2.24, 2.45) is 0 Å². The molecule has 1 aromatic carbocycles. The predicted molar refractivity (Wildman–Crippen MR) is 71.3 cm³/mol. The molecule has 6 heteroatoms. The van der Waals surface area contributed by atoms with E-state index in [1.165, 1.54) is 0 Å². The predicted octanol–water partition coefficient (Wildman–Crippen LogP) is 3.10. The molecule has 1 rings (SSSR count). The second kappa shape index (κ2) is 7.92. The molecule has 0 radical (unpaired) electrons. The first-order valence-corrected chi connectivity index (χ1v) is 5.25. The van der Waals surface area contributed by atoms with E-state index in [4.69, 9.17) is 21.7 Å². The maximum absolute atomic E-state index is 11.4. The summed E-state index contributed by atoms with van der Waals surface area (Å²) in [5, 5.41) is 10.6. The number of hydrogen-bond donors (Lipinski definition) is 2. The molecule has 2 N–H and O–H groups in total. The Bertz CT molecular complexity index is 380. The molecule has 0 bridgehead atoms. The topological polar surface area (TPSA) is 62.2 Å². The standard InChI is InChI=1S/C11H13ClN2O2.ClH/c1-2-16-10(13)7-11(15)14-9-5-3-8(12)4-6-9;/h3-6,13H,2,7H2,1H3,(H,14,15);1H. The van der Waals surface area contributed by atoms with Gasteiger partial charge in [-0.2, -0.15) is 0 Å². The fourth-order valence-electron chi connectivity index (χ4n) is 1.11. The zero-order chi connectivity index (χ0) is 12.0. The van der Waals surface area contributed by atoms with E-state index in [1.54, 1.807) is 31.2 Å². The summed E-state index contributed by atoms with van der Waals surface area (Å²) in [7, 11) is 0. The van der Waals surface area contributed by atoms with Gasteiger partial charge in [-0.05, 0) is 31.2 Å². The van der Waals surface area contributed by atoms with Gasteiger partial charge in [-0.3, -0.25) is 10.2 Å². The Hall–Kier alpha value is -1.26. The minimum atomic E-state index is -0.277. The van der Waals surface area contributed by atoms with Gasteiger partial charge >= 0.3 is 0 Å². The summed E-state index contributed by atoms with van der Waals surface area (Å²) in [5.74, 6) is -0.310. The largest absolute Gasteiger partial charge is 0.481 e. The number of nitrogens with one attached hydrogen (secondary N) is 2. The summed E-state index contributed by atoms with van der Waals surface area (Å²) < 4.78 is 4.87. The van der Waals surface area contributed by atoms with E-state index in [1.807, 2.05) is 0 Å². The van der Waals surface area contributed by atoms with Gasteiger partial charge in [0.2, 0.25) is 5.91 Å². The summed E-state index contributed by atoms with van der Waals surface area (Å²) in [6, 6.07) is 6.77. The van der Waals surface area contributed by atoms with E-state index in [-0.39, 0.29) is 30.6 Å². The molecule has 0 aliphatic rings. The van der Waals surface area contributed by atoms with Crippen LogP contribution in [0.3, 0.4) is 0 Å². The Morgan fingerprint density at radius 1 is 1.41 bits per heavy atom. The van der Waals surface area contributed by atoms with Crippen molar-refractivity contribution in [2.75, 3.05) is 11.9 Å². The van der Waals surface area contributed by atoms with E-state index in [2.05, 4.69) is 5.32 Å². The number of benzene rings is 1. The van der Waals surface area contributed by atoms with E-state index in [0.717, 1.165) is 0 Å². The van der Waals surface area contributed by atoms with Gasteiger partial charge in [-0.1, -0.05) is 11.6 Å². The third-order valence-electron chi connectivity index (χ3n) is 1.77. The maximum Gasteiger partial charge on any atom is 0.233 e. The number of carbonyl (C=O) groups excluding carboxylic acids is 1. The fraction of sp³-hybridized carbons (Fsp3) is 0.273. The Morgan fingerprint density at radius 2 is 2.00 bits per heavy atom. The molecule has 0 spiro atoms. The van der Waals surface area contributed by atoms with Crippen LogP contribution in [0.5, 0.6) is 0 Å². The Balaban J connectivity index is 0.00000256. The molecule has 1 aromatic rings. The quantitative estimate of drug-likeness (QED) is 0.656. The molecule has 0 atom stereocenters.